The van der Waals surface area contributed by atoms with E-state index >= 15 is 0 Å². The lowest BCUT2D eigenvalue weighted by Crippen LogP contribution is -2.28. The maximum atomic E-state index is 13.8. The van der Waals surface area contributed by atoms with E-state index in [0.29, 0.717) is 12.1 Å². The Kier molecular flexibility index (Phi) is 5.14. The average Bonchev–Trinajstić information content (AvgIpc) is 2.39. The van der Waals surface area contributed by atoms with E-state index in [2.05, 4.69) is 17.2 Å². The van der Waals surface area contributed by atoms with Gasteiger partial charge in [-0.2, -0.15) is 0 Å². The molecule has 2 N–H and O–H groups in total. The highest BCUT2D eigenvalue weighted by atomic mass is 19.1. The summed E-state index contributed by atoms with van der Waals surface area (Å²) in [5.74, 6) is 4.79. The maximum absolute atomic E-state index is 13.8. The van der Waals surface area contributed by atoms with Crippen LogP contribution < -0.4 is 5.32 Å². The van der Waals surface area contributed by atoms with Gasteiger partial charge in [-0.3, -0.25) is 4.79 Å². The summed E-state index contributed by atoms with van der Waals surface area (Å²) < 4.78 is 13.8. The van der Waals surface area contributed by atoms with Gasteiger partial charge >= 0.3 is 0 Å². The summed E-state index contributed by atoms with van der Waals surface area (Å²) in [4.78, 5) is 11.9. The molecule has 1 saturated carbocycles. The Bertz CT molecular complexity index is 541. The number of carbonyl (C=O) groups is 1. The lowest BCUT2D eigenvalue weighted by molar-refractivity contribution is 0.0945. The van der Waals surface area contributed by atoms with Crippen molar-refractivity contribution in [3.05, 3.63) is 35.1 Å². The molecule has 0 aliphatic heterocycles. The first-order valence-electron chi connectivity index (χ1n) is 6.88. The number of hydrogen-bond donors (Lipinski definition) is 2. The maximum Gasteiger partial charge on any atom is 0.254 e. The van der Waals surface area contributed by atoms with Gasteiger partial charge < -0.3 is 10.4 Å². The summed E-state index contributed by atoms with van der Waals surface area (Å²) in [5, 5.41) is 11.3. The van der Waals surface area contributed by atoms with E-state index in [1.165, 1.54) is 31.4 Å². The molecule has 0 heterocycles. The average molecular weight is 275 g/mol. The van der Waals surface area contributed by atoms with Crippen LogP contribution in [-0.4, -0.2) is 24.2 Å². The number of halogens is 1. The van der Waals surface area contributed by atoms with Crippen molar-refractivity contribution in [2.75, 3.05) is 13.2 Å². The van der Waals surface area contributed by atoms with Gasteiger partial charge in [-0.1, -0.05) is 31.1 Å². The van der Waals surface area contributed by atoms with Crippen LogP contribution in [0.3, 0.4) is 0 Å². The van der Waals surface area contributed by atoms with E-state index in [-0.39, 0.29) is 18.1 Å². The van der Waals surface area contributed by atoms with Crippen molar-refractivity contribution >= 4 is 5.91 Å². The highest BCUT2D eigenvalue weighted by molar-refractivity contribution is 5.94. The third-order valence-corrected chi connectivity index (χ3v) is 3.59. The number of aliphatic hydroxyl groups is 1. The molecule has 106 valence electrons. The molecule has 0 unspecified atom stereocenters. The van der Waals surface area contributed by atoms with Crippen LogP contribution in [0.1, 0.15) is 41.6 Å². The van der Waals surface area contributed by atoms with Crippen LogP contribution in [0.5, 0.6) is 0 Å². The summed E-state index contributed by atoms with van der Waals surface area (Å²) in [6.45, 7) is 0.319. The molecular formula is C16H18FNO2. The molecule has 4 heteroatoms. The van der Waals surface area contributed by atoms with E-state index in [1.54, 1.807) is 6.07 Å². The zero-order valence-corrected chi connectivity index (χ0v) is 11.3. The van der Waals surface area contributed by atoms with Crippen LogP contribution in [0.25, 0.3) is 0 Å². The van der Waals surface area contributed by atoms with Crippen molar-refractivity contribution in [3.63, 3.8) is 0 Å². The van der Waals surface area contributed by atoms with Gasteiger partial charge in [-0.15, -0.1) is 0 Å². The summed E-state index contributed by atoms with van der Waals surface area (Å²) in [5.41, 5.74) is 0.482. The van der Waals surface area contributed by atoms with Gasteiger partial charge in [-0.05, 0) is 30.5 Å². The molecule has 0 aromatic heterocycles. The molecule has 2 rings (SSSR count). The second-order valence-electron chi connectivity index (χ2n) is 5.00. The van der Waals surface area contributed by atoms with Crippen molar-refractivity contribution in [3.8, 4) is 11.8 Å². The van der Waals surface area contributed by atoms with Crippen molar-refractivity contribution in [1.29, 1.82) is 0 Å². The summed E-state index contributed by atoms with van der Waals surface area (Å²) >= 11 is 0. The predicted octanol–water partition coefficient (Wildman–Crippen LogP) is 2.09. The van der Waals surface area contributed by atoms with Gasteiger partial charge in [0, 0.05) is 12.1 Å². The standard InChI is InChI=1S/C16H18FNO2/c17-15-11-13(5-2-10-19)6-7-14(15)16(20)18-9-8-12-3-1-4-12/h6-7,11-12,19H,1,3-4,8-10H2,(H,18,20). The zero-order chi connectivity index (χ0) is 14.4. The molecule has 0 bridgehead atoms. The Balaban J connectivity index is 1.91. The highest BCUT2D eigenvalue weighted by Crippen LogP contribution is 2.28. The van der Waals surface area contributed by atoms with Crippen molar-refractivity contribution in [1.82, 2.24) is 5.32 Å². The molecule has 1 fully saturated rings. The second kappa shape index (κ2) is 7.06. The monoisotopic (exact) mass is 275 g/mol. The largest absolute Gasteiger partial charge is 0.384 e. The molecule has 1 aliphatic rings. The smallest absolute Gasteiger partial charge is 0.254 e. The fraction of sp³-hybridized carbons (Fsp3) is 0.438. The Morgan fingerprint density at radius 2 is 2.25 bits per heavy atom. The third kappa shape index (κ3) is 3.82. The van der Waals surface area contributed by atoms with Crippen LogP contribution in [0.4, 0.5) is 4.39 Å². The number of benzene rings is 1. The van der Waals surface area contributed by atoms with Crippen LogP contribution in [0.2, 0.25) is 0 Å². The topological polar surface area (TPSA) is 49.3 Å². The van der Waals surface area contributed by atoms with Gasteiger partial charge in [-0.25, -0.2) is 4.39 Å². The van der Waals surface area contributed by atoms with Gasteiger partial charge in [0.1, 0.15) is 12.4 Å². The molecule has 0 atom stereocenters. The molecule has 0 radical (unpaired) electrons. The first-order valence-corrected chi connectivity index (χ1v) is 6.88. The fourth-order valence-corrected chi connectivity index (χ4v) is 2.19. The first kappa shape index (κ1) is 14.5. The number of amides is 1. The number of hydrogen-bond acceptors (Lipinski definition) is 2. The van der Waals surface area contributed by atoms with Crippen molar-refractivity contribution in [2.24, 2.45) is 5.92 Å². The Labute approximate surface area is 118 Å². The quantitative estimate of drug-likeness (QED) is 0.827. The molecule has 1 amide bonds. The van der Waals surface area contributed by atoms with Gasteiger partial charge in [0.25, 0.3) is 5.91 Å². The fourth-order valence-electron chi connectivity index (χ4n) is 2.19. The molecule has 1 aromatic carbocycles. The van der Waals surface area contributed by atoms with Crippen LogP contribution in [-0.2, 0) is 0 Å². The Hall–Kier alpha value is -1.86. The first-order chi connectivity index (χ1) is 9.70. The molecule has 0 saturated heterocycles. The van der Waals surface area contributed by atoms with Crippen LogP contribution in [0.15, 0.2) is 18.2 Å². The summed E-state index contributed by atoms with van der Waals surface area (Å²) in [6.07, 6.45) is 4.72. The number of aliphatic hydroxyl groups excluding tert-OH is 1. The molecule has 1 aromatic rings. The minimum absolute atomic E-state index is 0.0353. The predicted molar refractivity (Wildman–Crippen MR) is 74.7 cm³/mol. The summed E-state index contributed by atoms with van der Waals surface area (Å²) in [7, 11) is 0. The molecule has 20 heavy (non-hydrogen) atoms. The Morgan fingerprint density at radius 1 is 1.45 bits per heavy atom. The van der Waals surface area contributed by atoms with E-state index in [1.807, 2.05) is 0 Å². The van der Waals surface area contributed by atoms with Gasteiger partial charge in [0.05, 0.1) is 5.56 Å². The van der Waals surface area contributed by atoms with E-state index in [4.69, 9.17) is 5.11 Å². The minimum atomic E-state index is -0.587. The second-order valence-corrected chi connectivity index (χ2v) is 5.00. The van der Waals surface area contributed by atoms with Crippen LogP contribution >= 0.6 is 0 Å². The zero-order valence-electron chi connectivity index (χ0n) is 11.3. The van der Waals surface area contributed by atoms with E-state index in [9.17, 15) is 9.18 Å². The normalized spacial score (nSPS) is 14.1. The van der Waals surface area contributed by atoms with Crippen molar-refractivity contribution < 1.29 is 14.3 Å². The third-order valence-electron chi connectivity index (χ3n) is 3.59. The SMILES string of the molecule is O=C(NCCC1CCC1)c1ccc(C#CCO)cc1F. The Morgan fingerprint density at radius 3 is 2.85 bits per heavy atom. The van der Waals surface area contributed by atoms with Gasteiger partial charge in [0.2, 0.25) is 0 Å². The molecular weight excluding hydrogens is 257 g/mol. The van der Waals surface area contributed by atoms with E-state index in [0.717, 1.165) is 12.3 Å². The summed E-state index contributed by atoms with van der Waals surface area (Å²) in [6, 6.07) is 4.21. The number of rotatable bonds is 4. The lowest BCUT2D eigenvalue weighted by atomic mass is 9.83. The minimum Gasteiger partial charge on any atom is -0.384 e. The molecule has 0 spiro atoms. The lowest BCUT2D eigenvalue weighted by Gasteiger charge is -2.25. The molecule has 3 nitrogen and oxygen atoms in total. The van der Waals surface area contributed by atoms with Crippen LogP contribution in [0, 0.1) is 23.6 Å². The number of nitrogens with one attached hydrogen (secondary N) is 1. The van der Waals surface area contributed by atoms with Crippen molar-refractivity contribution in [2.45, 2.75) is 25.7 Å². The van der Waals surface area contributed by atoms with Gasteiger partial charge in [0.15, 0.2) is 0 Å². The number of carbonyl (C=O) groups excluding carboxylic acids is 1. The highest BCUT2D eigenvalue weighted by Gasteiger charge is 2.17. The van der Waals surface area contributed by atoms with E-state index < -0.39 is 5.82 Å². The molecule has 1 aliphatic carbocycles.